The molecule has 31 nitrogen and oxygen atoms in total. The summed E-state index contributed by atoms with van der Waals surface area (Å²) in [6.07, 6.45) is 8.72. The van der Waals surface area contributed by atoms with E-state index in [4.69, 9.17) is 18.9 Å². The van der Waals surface area contributed by atoms with Crippen LogP contribution in [0.15, 0.2) is 98.1 Å². The number of aromatic nitrogens is 20. The Hall–Kier alpha value is -8.42. The number of nitrogens with zero attached hydrogens (tertiary/aromatic N) is 20. The van der Waals surface area contributed by atoms with Crippen molar-refractivity contribution in [2.24, 2.45) is 0 Å². The summed E-state index contributed by atoms with van der Waals surface area (Å²) >= 11 is 11.8. The normalized spacial score (nSPS) is 12.3. The highest BCUT2D eigenvalue weighted by atomic mass is 80.0. The van der Waals surface area contributed by atoms with Crippen LogP contribution in [0.2, 0.25) is 0 Å². The zero-order chi connectivity index (χ0) is 72.8. The molecule has 0 fully saturated rings. The lowest BCUT2D eigenvalue weighted by Crippen LogP contribution is -2.13. The van der Waals surface area contributed by atoms with Crippen molar-refractivity contribution in [3.63, 3.8) is 0 Å². The summed E-state index contributed by atoms with van der Waals surface area (Å²) in [7, 11) is 4.90. The number of benzene rings is 4. The third-order valence-corrected chi connectivity index (χ3v) is 17.9. The number of carbonyl (C=O) groups is 1. The maximum absolute atomic E-state index is 12.4. The number of methoxy groups -OCH3 is 3. The van der Waals surface area contributed by atoms with E-state index in [0.29, 0.717) is 81.0 Å². The van der Waals surface area contributed by atoms with Crippen molar-refractivity contribution in [2.45, 2.75) is 118 Å². The quantitative estimate of drug-likeness (QED) is 0.0341. The van der Waals surface area contributed by atoms with E-state index in [9.17, 15) is 34.9 Å². The Morgan fingerprint density at radius 1 is 0.466 bits per heavy atom. The van der Waals surface area contributed by atoms with Gasteiger partial charge < -0.3 is 76.4 Å². The molecule has 4 aliphatic heterocycles. The number of rotatable bonds is 16. The summed E-state index contributed by atoms with van der Waals surface area (Å²) < 4.78 is 44.8. The number of esters is 1. The Bertz CT molecular complexity index is 4950. The summed E-state index contributed by atoms with van der Waals surface area (Å²) in [6, 6.07) is 23.1. The molecule has 0 amide bonds. The van der Waals surface area contributed by atoms with Crippen molar-refractivity contribution in [2.75, 3.05) is 27.9 Å². The van der Waals surface area contributed by atoms with Crippen molar-refractivity contribution in [3.05, 3.63) is 189 Å². The zero-order valence-electron chi connectivity index (χ0n) is 56.6. The van der Waals surface area contributed by atoms with E-state index in [0.717, 1.165) is 149 Å². The molecule has 5 N–H and O–H groups in total. The van der Waals surface area contributed by atoms with Gasteiger partial charge in [0.15, 0.2) is 46.5 Å². The van der Waals surface area contributed by atoms with E-state index in [2.05, 4.69) is 148 Å². The fraction of sp³-hybridized carbons (Fsp3) is 0.328. The maximum Gasteiger partial charge on any atom is 0.358 e. The highest BCUT2D eigenvalue weighted by Crippen LogP contribution is 2.68. The van der Waals surface area contributed by atoms with Crippen molar-refractivity contribution in [1.82, 2.24) is 97.3 Å². The van der Waals surface area contributed by atoms with Crippen molar-refractivity contribution in [3.8, 4) is 68.3 Å². The van der Waals surface area contributed by atoms with Crippen molar-refractivity contribution < 1.29 is 53.8 Å². The number of hydrogen-bond donors (Lipinski definition) is 5. The largest absolute Gasteiger partial charge is 0.461 e. The molecule has 0 bridgehead atoms. The third kappa shape index (κ3) is 15.3. The minimum absolute atomic E-state index is 0.0117. The van der Waals surface area contributed by atoms with Crippen LogP contribution in [0.25, 0.3) is 68.3 Å². The van der Waals surface area contributed by atoms with E-state index in [-0.39, 0.29) is 33.0 Å². The predicted molar refractivity (Wildman–Crippen MR) is 390 cm³/mol. The van der Waals surface area contributed by atoms with Gasteiger partial charge in [-0.15, -0.1) is 40.8 Å². The number of aliphatic hydroxyl groups is 5. The van der Waals surface area contributed by atoms with Gasteiger partial charge in [0.1, 0.15) is 32.0 Å². The molecule has 36 heteroatoms. The molecule has 538 valence electrons. The van der Waals surface area contributed by atoms with Crippen LogP contribution in [0.4, 0.5) is 0 Å². The fourth-order valence-electron chi connectivity index (χ4n) is 12.6. The molecule has 0 saturated carbocycles. The molecule has 4 aliphatic rings. The summed E-state index contributed by atoms with van der Waals surface area (Å²) in [5.41, 5.74) is 17.2. The van der Waals surface area contributed by atoms with Gasteiger partial charge in [-0.2, -0.15) is 0 Å². The van der Waals surface area contributed by atoms with Gasteiger partial charge in [-0.3, -0.25) is 9.13 Å². The van der Waals surface area contributed by atoms with Crippen LogP contribution < -0.4 is 0 Å². The number of halogens is 4. The first-order chi connectivity index (χ1) is 49.9. The summed E-state index contributed by atoms with van der Waals surface area (Å²) in [5, 5.41) is 82.9. The number of carbonyl (C=O) groups excluding carboxylic acids is 1. The van der Waals surface area contributed by atoms with Gasteiger partial charge in [0.05, 0.1) is 147 Å². The topological polar surface area (TPSA) is 366 Å². The number of imidazole rings is 4. The minimum atomic E-state index is -2.20. The standard InChI is InChI=1S/C19H21N5O3.C16H16BrN5O2.C16H17N5O3.C16H17N5O2.Br3OP/c1-3-5-16-21-22-18-13-8-12(10-25)6-7-14(13)24-11-20-17(19(26)27-4-2)15(24)9-23(16)18;1-24-8-15-19-20-16-11-4-10(7-23)2-3-13(11)22-9-18-12(5-17)14(22)6-21(15)16;1-24-8-15-18-19-16-11-4-10(6-22)2-3-13(11)21-9-17-12(7-23)14(21)5-20(15)16;1-10-14-6-20-15(8-23-2)18-19-16(20)12-5-11(7-22)3-4-13(12)21(14)9-17-10;1-5(2,3)4/h6-8,11,25H,3-5,9-10H2,1-2H3;2-4,9,23H,5-8H2,1H3;2-4,9,22-23H,5-8H2,1H3;3-5,9,22H,6-8H2,1-2H3;. The molecule has 12 heterocycles. The van der Waals surface area contributed by atoms with E-state index in [1.54, 1.807) is 40.9 Å². The highest BCUT2D eigenvalue weighted by molar-refractivity contribution is 9.94. The number of fused-ring (bicyclic) bond motifs is 20. The average Bonchev–Trinajstić information content (AvgIpc) is 1.63. The van der Waals surface area contributed by atoms with E-state index in [1.807, 2.05) is 111 Å². The van der Waals surface area contributed by atoms with Gasteiger partial charge in [-0.1, -0.05) is 47.1 Å². The lowest BCUT2D eigenvalue weighted by atomic mass is 10.1. The second kappa shape index (κ2) is 32.7. The molecule has 0 radical (unpaired) electrons. The number of aryl methyl sites for hydroxylation is 2. The summed E-state index contributed by atoms with van der Waals surface area (Å²) in [4.78, 5) is 30.0. The Morgan fingerprint density at radius 3 is 1.18 bits per heavy atom. The predicted octanol–water partition coefficient (Wildman–Crippen LogP) is 9.48. The lowest BCUT2D eigenvalue weighted by molar-refractivity contribution is 0.0518. The van der Waals surface area contributed by atoms with E-state index >= 15 is 0 Å². The molecule has 0 aliphatic carbocycles. The van der Waals surface area contributed by atoms with Gasteiger partial charge in [-0.05, 0) is 91.1 Å². The first-order valence-electron chi connectivity index (χ1n) is 32.3. The number of ether oxygens (including phenoxy) is 4. The smallest absolute Gasteiger partial charge is 0.358 e. The summed E-state index contributed by atoms with van der Waals surface area (Å²) in [6.45, 7) is 9.16. The molecule has 0 atom stereocenters. The SMILES string of the molecule is CCCc1nnc2n1Cc1c(C(=O)OCC)ncn1-c1ccc(CO)cc1-2.COCc1nnc2n1Cc1c(C)ncn1-c1ccc(CO)cc1-2.COCc1nnc2n1Cc1c(CBr)ncn1-c1ccc(CO)cc1-2.COCc1nnc2n1Cc1c(CO)ncn1-c1ccc(CO)cc1-2.O=P(Br)(Br)Br. The molecule has 4 aromatic carbocycles. The molecule has 12 aromatic rings. The van der Waals surface area contributed by atoms with Crippen LogP contribution in [0.5, 0.6) is 0 Å². The highest BCUT2D eigenvalue weighted by Gasteiger charge is 2.32. The Balaban J connectivity index is 0.000000127. The third-order valence-electron chi connectivity index (χ3n) is 17.4. The van der Waals surface area contributed by atoms with Crippen molar-refractivity contribution >= 4 is 71.6 Å². The van der Waals surface area contributed by atoms with Gasteiger partial charge in [0.25, 0.3) is 3.25 Å². The van der Waals surface area contributed by atoms with E-state index < -0.39 is 9.22 Å². The lowest BCUT2D eigenvalue weighted by Gasteiger charge is -2.10. The van der Waals surface area contributed by atoms with Crippen LogP contribution in [0.1, 0.15) is 116 Å². The first-order valence-corrected chi connectivity index (χ1v) is 41.2. The number of aliphatic hydroxyl groups excluding tert-OH is 5. The Kier molecular flexibility index (Phi) is 23.6. The van der Waals surface area contributed by atoms with Crippen LogP contribution in [0.3, 0.4) is 0 Å². The monoisotopic (exact) mass is 1680 g/mol. The Morgan fingerprint density at radius 2 is 0.806 bits per heavy atom. The number of alkyl halides is 1. The van der Waals surface area contributed by atoms with E-state index in [1.165, 1.54) is 0 Å². The minimum Gasteiger partial charge on any atom is -0.461 e. The molecule has 103 heavy (non-hydrogen) atoms. The van der Waals surface area contributed by atoms with Crippen LogP contribution >= 0.6 is 65.6 Å². The van der Waals surface area contributed by atoms with Gasteiger partial charge >= 0.3 is 5.97 Å². The fourth-order valence-corrected chi connectivity index (χ4v) is 13.0. The zero-order valence-corrected chi connectivity index (χ0v) is 63.9. The summed E-state index contributed by atoms with van der Waals surface area (Å²) in [5.74, 6) is 5.65. The molecule has 0 unspecified atom stereocenters. The second-order valence-corrected chi connectivity index (χ2v) is 42.6. The molecule has 16 rings (SSSR count). The van der Waals surface area contributed by atoms with Crippen LogP contribution in [-0.4, -0.2) is 157 Å². The first kappa shape index (κ1) is 74.3. The van der Waals surface area contributed by atoms with Gasteiger partial charge in [-0.25, -0.2) is 24.7 Å². The van der Waals surface area contributed by atoms with Gasteiger partial charge in [0.2, 0.25) is 0 Å². The molecule has 0 spiro atoms. The molecular formula is C67H71Br4N20O11P. The second-order valence-electron chi connectivity index (χ2n) is 23.7. The molecular weight excluding hydrogens is 1610 g/mol. The maximum atomic E-state index is 12.4. The van der Waals surface area contributed by atoms with Crippen molar-refractivity contribution in [1.29, 1.82) is 0 Å². The number of hydrogen-bond acceptors (Lipinski definition) is 23. The molecule has 0 saturated heterocycles. The molecule has 8 aromatic heterocycles. The van der Waals surface area contributed by atoms with Crippen LogP contribution in [-0.2, 0) is 114 Å². The average molecular weight is 1680 g/mol. The van der Waals surface area contributed by atoms with Crippen LogP contribution in [0, 0.1) is 6.92 Å². The van der Waals surface area contributed by atoms with Gasteiger partial charge in [0, 0.05) is 102 Å². The Labute approximate surface area is 621 Å².